The van der Waals surface area contributed by atoms with Crippen LogP contribution in [0.25, 0.3) is 0 Å². The van der Waals surface area contributed by atoms with E-state index in [-0.39, 0.29) is 0 Å². The molecule has 0 saturated heterocycles. The molecule has 0 amide bonds. The van der Waals surface area contributed by atoms with Crippen molar-refractivity contribution >= 4 is 45.2 Å². The van der Waals surface area contributed by atoms with Gasteiger partial charge in [-0.15, -0.1) is 0 Å². The second-order valence-corrected chi connectivity index (χ2v) is 12.8. The van der Waals surface area contributed by atoms with Gasteiger partial charge in [0.1, 0.15) is 0 Å². The van der Waals surface area contributed by atoms with Gasteiger partial charge < -0.3 is 0 Å². The van der Waals surface area contributed by atoms with E-state index in [0.29, 0.717) is 5.41 Å². The number of halogens is 2. The molecule has 4 fully saturated rings. The lowest BCUT2D eigenvalue weighted by molar-refractivity contribution is -0.219. The minimum atomic E-state index is 0.708. The highest BCUT2D eigenvalue weighted by Crippen LogP contribution is 2.73. The van der Waals surface area contributed by atoms with Crippen molar-refractivity contribution < 1.29 is 0 Å². The van der Waals surface area contributed by atoms with Gasteiger partial charge in [-0.05, 0) is 97.2 Å². The van der Waals surface area contributed by atoms with E-state index in [9.17, 15) is 0 Å². The SMILES string of the molecule is CC[C@H]1C[C@@H](C(I)C2CC(CC)(CI)C2)C(C)C2C1CC21CCC1C. The largest absolute Gasteiger partial charge is 0.0858 e. The van der Waals surface area contributed by atoms with Crippen molar-refractivity contribution in [1.29, 1.82) is 0 Å². The molecule has 0 aromatic carbocycles. The summed E-state index contributed by atoms with van der Waals surface area (Å²) in [6.07, 6.45) is 12.1. The molecule has 4 aliphatic rings. The average molecular weight is 568 g/mol. The van der Waals surface area contributed by atoms with Crippen molar-refractivity contribution in [3.63, 3.8) is 0 Å². The molecule has 0 N–H and O–H groups in total. The lowest BCUT2D eigenvalue weighted by Gasteiger charge is -2.71. The molecule has 0 bridgehead atoms. The molecule has 0 nitrogen and oxygen atoms in total. The van der Waals surface area contributed by atoms with Crippen molar-refractivity contribution in [2.24, 2.45) is 52.3 Å². The first kappa shape index (κ1) is 19.8. The predicted octanol–water partition coefficient (Wildman–Crippen LogP) is 7.77. The molecular weight excluding hydrogens is 530 g/mol. The molecule has 0 aromatic rings. The van der Waals surface area contributed by atoms with Crippen LogP contribution in [-0.2, 0) is 0 Å². The monoisotopic (exact) mass is 568 g/mol. The summed E-state index contributed by atoms with van der Waals surface area (Å²) in [7, 11) is 0. The lowest BCUT2D eigenvalue weighted by Crippen LogP contribution is -2.64. The Hall–Kier alpha value is 1.46. The van der Waals surface area contributed by atoms with Gasteiger partial charge in [0.2, 0.25) is 0 Å². The van der Waals surface area contributed by atoms with Crippen LogP contribution < -0.4 is 0 Å². The Labute approximate surface area is 183 Å². The standard InChI is InChI=1S/C23H38I2/c1-5-16-9-18(21(25)17-10-22(6-2,11-17)13-24)15(4)20-19(16)12-23(20)8-7-14(23)3/h14-21H,5-13H2,1-4H3/t14?,15?,16-,17?,18+,19?,20?,21?,22?,23?/m0/s1. The van der Waals surface area contributed by atoms with Crippen molar-refractivity contribution in [1.82, 2.24) is 0 Å². The fraction of sp³-hybridized carbons (Fsp3) is 1.00. The molecule has 4 rings (SSSR count). The van der Waals surface area contributed by atoms with Gasteiger partial charge in [0.15, 0.2) is 0 Å². The summed E-state index contributed by atoms with van der Waals surface area (Å²) in [5.74, 6) is 7.25. The third-order valence-electron chi connectivity index (χ3n) is 9.99. The van der Waals surface area contributed by atoms with Gasteiger partial charge >= 0.3 is 0 Å². The molecule has 0 aliphatic heterocycles. The molecule has 25 heavy (non-hydrogen) atoms. The van der Waals surface area contributed by atoms with E-state index in [0.717, 1.165) is 50.8 Å². The maximum Gasteiger partial charge on any atom is 0.0169 e. The highest BCUT2D eigenvalue weighted by Gasteiger charge is 2.66. The lowest BCUT2D eigenvalue weighted by atomic mass is 9.34. The van der Waals surface area contributed by atoms with E-state index < -0.39 is 0 Å². The number of fused-ring (bicyclic) bond motifs is 2. The molecule has 1 spiro atoms. The molecule has 2 heteroatoms. The summed E-state index contributed by atoms with van der Waals surface area (Å²) >= 11 is 5.57. The average Bonchev–Trinajstić information content (AvgIpc) is 2.54. The van der Waals surface area contributed by atoms with E-state index in [1.807, 2.05) is 0 Å². The van der Waals surface area contributed by atoms with Crippen molar-refractivity contribution in [2.75, 3.05) is 4.43 Å². The van der Waals surface area contributed by atoms with E-state index >= 15 is 0 Å². The third kappa shape index (κ3) is 2.82. The Kier molecular flexibility index (Phi) is 5.58. The first-order valence-electron chi connectivity index (χ1n) is 11.1. The first-order chi connectivity index (χ1) is 11.9. The zero-order valence-corrected chi connectivity index (χ0v) is 21.1. The van der Waals surface area contributed by atoms with Crippen LogP contribution in [0.2, 0.25) is 0 Å². The predicted molar refractivity (Wildman–Crippen MR) is 126 cm³/mol. The van der Waals surface area contributed by atoms with Crippen LogP contribution in [0.5, 0.6) is 0 Å². The second kappa shape index (κ2) is 7.06. The van der Waals surface area contributed by atoms with Crippen molar-refractivity contribution in [2.45, 2.75) is 83.0 Å². The third-order valence-corrected chi connectivity index (χ3v) is 13.6. The Morgan fingerprint density at radius 2 is 1.84 bits per heavy atom. The van der Waals surface area contributed by atoms with Crippen molar-refractivity contribution in [3.05, 3.63) is 0 Å². The molecule has 4 saturated carbocycles. The molecule has 6 unspecified atom stereocenters. The van der Waals surface area contributed by atoms with Crippen LogP contribution in [0.1, 0.15) is 79.1 Å². The van der Waals surface area contributed by atoms with Gasteiger partial charge in [-0.3, -0.25) is 0 Å². The summed E-state index contributed by atoms with van der Waals surface area (Å²) in [5.41, 5.74) is 1.50. The Balaban J connectivity index is 1.48. The van der Waals surface area contributed by atoms with Crippen molar-refractivity contribution in [3.8, 4) is 0 Å². The van der Waals surface area contributed by atoms with Gasteiger partial charge in [-0.2, -0.15) is 0 Å². The Morgan fingerprint density at radius 3 is 2.32 bits per heavy atom. The van der Waals surface area contributed by atoms with E-state index in [4.69, 9.17) is 0 Å². The summed E-state index contributed by atoms with van der Waals surface area (Å²) in [5, 5.41) is 0. The fourth-order valence-electron chi connectivity index (χ4n) is 7.96. The highest BCUT2D eigenvalue weighted by molar-refractivity contribution is 14.1. The van der Waals surface area contributed by atoms with E-state index in [2.05, 4.69) is 72.9 Å². The number of hydrogen-bond donors (Lipinski definition) is 0. The summed E-state index contributed by atoms with van der Waals surface area (Å²) in [4.78, 5) is 0. The number of alkyl halides is 2. The molecule has 144 valence electrons. The maximum atomic E-state index is 2.91. The smallest absolute Gasteiger partial charge is 0.0169 e. The summed E-state index contributed by atoms with van der Waals surface area (Å²) in [6, 6.07) is 0. The van der Waals surface area contributed by atoms with Gasteiger partial charge in [-0.1, -0.05) is 79.3 Å². The highest BCUT2D eigenvalue weighted by atomic mass is 127. The van der Waals surface area contributed by atoms with Gasteiger partial charge in [-0.25, -0.2) is 0 Å². The quantitative estimate of drug-likeness (QED) is 0.235. The molecular formula is C23H38I2. The van der Waals surface area contributed by atoms with Crippen LogP contribution in [0, 0.1) is 52.3 Å². The Bertz CT molecular complexity index is 490. The zero-order valence-electron chi connectivity index (χ0n) is 16.7. The minimum Gasteiger partial charge on any atom is -0.0858 e. The van der Waals surface area contributed by atoms with Crippen LogP contribution in [0.3, 0.4) is 0 Å². The number of hydrogen-bond acceptors (Lipinski definition) is 0. The van der Waals surface area contributed by atoms with Gasteiger partial charge in [0, 0.05) is 8.35 Å². The normalized spacial score (nSPS) is 55.7. The molecule has 0 heterocycles. The molecule has 0 radical (unpaired) electrons. The number of rotatable bonds is 5. The van der Waals surface area contributed by atoms with Crippen LogP contribution in [0.15, 0.2) is 0 Å². The second-order valence-electron chi connectivity index (χ2n) is 10.6. The maximum absolute atomic E-state index is 2.91. The summed E-state index contributed by atoms with van der Waals surface area (Å²) < 4.78 is 2.32. The minimum absolute atomic E-state index is 0.708. The molecule has 0 aromatic heterocycles. The first-order valence-corrected chi connectivity index (χ1v) is 13.9. The molecule has 8 atom stereocenters. The Morgan fingerprint density at radius 1 is 1.12 bits per heavy atom. The molecule has 4 aliphatic carbocycles. The topological polar surface area (TPSA) is 0 Å². The van der Waals surface area contributed by atoms with E-state index in [1.54, 1.807) is 19.3 Å². The van der Waals surface area contributed by atoms with Crippen LogP contribution >= 0.6 is 45.2 Å². The van der Waals surface area contributed by atoms with E-state index in [1.165, 1.54) is 36.5 Å². The fourth-order valence-corrected chi connectivity index (χ4v) is 10.6. The summed E-state index contributed by atoms with van der Waals surface area (Å²) in [6.45, 7) is 10.2. The van der Waals surface area contributed by atoms with Gasteiger partial charge in [0.05, 0.1) is 0 Å². The van der Waals surface area contributed by atoms with Crippen LogP contribution in [0.4, 0.5) is 0 Å². The zero-order chi connectivity index (χ0) is 18.0. The van der Waals surface area contributed by atoms with Gasteiger partial charge in [0.25, 0.3) is 0 Å². The van der Waals surface area contributed by atoms with Crippen LogP contribution in [-0.4, -0.2) is 8.35 Å².